The number of hydrogen-bond donors (Lipinski definition) is 1. The summed E-state index contributed by atoms with van der Waals surface area (Å²) >= 11 is 0. The fourth-order valence-electron chi connectivity index (χ4n) is 2.21. The van der Waals surface area contributed by atoms with Crippen molar-refractivity contribution in [3.63, 3.8) is 0 Å². The Morgan fingerprint density at radius 3 is 2.55 bits per heavy atom. The molecule has 1 aromatic carbocycles. The molecule has 1 N–H and O–H groups in total. The lowest BCUT2D eigenvalue weighted by atomic mass is 10.0. The number of nitrogens with zero attached hydrogens (tertiary/aromatic N) is 1. The maximum Gasteiger partial charge on any atom is 0.412 e. The van der Waals surface area contributed by atoms with Gasteiger partial charge in [0, 0.05) is 11.3 Å². The summed E-state index contributed by atoms with van der Waals surface area (Å²) in [7, 11) is 1.56. The number of anilines is 1. The highest BCUT2D eigenvalue weighted by Gasteiger charge is 2.46. The van der Waals surface area contributed by atoms with Crippen molar-refractivity contribution in [2.75, 3.05) is 12.4 Å². The van der Waals surface area contributed by atoms with Gasteiger partial charge in [-0.2, -0.15) is 4.99 Å². The fraction of sp³-hybridized carbons (Fsp3) is 0.500. The maximum atomic E-state index is 12.0. The monoisotopic (exact) mass is 304 g/mol. The second kappa shape index (κ2) is 5.81. The average molecular weight is 304 g/mol. The summed E-state index contributed by atoms with van der Waals surface area (Å²) in [6.07, 6.45) is 2.53. The van der Waals surface area contributed by atoms with Crippen LogP contribution in [0.15, 0.2) is 23.2 Å². The van der Waals surface area contributed by atoms with E-state index < -0.39 is 17.2 Å². The van der Waals surface area contributed by atoms with E-state index >= 15 is 0 Å². The van der Waals surface area contributed by atoms with Crippen molar-refractivity contribution >= 4 is 17.9 Å². The van der Waals surface area contributed by atoms with Crippen LogP contribution in [-0.2, 0) is 15.1 Å². The molecule has 0 heterocycles. The zero-order chi connectivity index (χ0) is 16.4. The number of rotatable bonds is 4. The zero-order valence-corrected chi connectivity index (χ0v) is 13.2. The van der Waals surface area contributed by atoms with Crippen molar-refractivity contribution in [1.29, 1.82) is 0 Å². The number of benzene rings is 1. The first kappa shape index (κ1) is 16.0. The van der Waals surface area contributed by atoms with E-state index in [9.17, 15) is 9.59 Å². The van der Waals surface area contributed by atoms with E-state index in [0.29, 0.717) is 11.4 Å². The van der Waals surface area contributed by atoms with Gasteiger partial charge in [-0.15, -0.1) is 0 Å². The van der Waals surface area contributed by atoms with Gasteiger partial charge in [0.15, 0.2) is 0 Å². The minimum Gasteiger partial charge on any atom is -0.497 e. The molecular formula is C16H20N2O4. The summed E-state index contributed by atoms with van der Waals surface area (Å²) in [5.74, 6) is 0.636. The molecule has 0 saturated heterocycles. The van der Waals surface area contributed by atoms with Crippen LogP contribution in [0.4, 0.5) is 10.5 Å². The number of methoxy groups -OCH3 is 1. The van der Waals surface area contributed by atoms with Gasteiger partial charge in [0.25, 0.3) is 0 Å². The highest BCUT2D eigenvalue weighted by molar-refractivity contribution is 5.86. The van der Waals surface area contributed by atoms with Gasteiger partial charge in [0.1, 0.15) is 16.9 Å². The molecule has 0 aromatic heterocycles. The lowest BCUT2D eigenvalue weighted by Crippen LogP contribution is -2.27. The Hall–Kier alpha value is -2.33. The summed E-state index contributed by atoms with van der Waals surface area (Å²) in [4.78, 5) is 26.5. The molecule has 6 heteroatoms. The molecular weight excluding hydrogens is 284 g/mol. The molecule has 0 aliphatic heterocycles. The van der Waals surface area contributed by atoms with Crippen molar-refractivity contribution in [1.82, 2.24) is 0 Å². The minimum absolute atomic E-state index is 0.551. The van der Waals surface area contributed by atoms with Gasteiger partial charge in [-0.1, -0.05) is 0 Å². The van der Waals surface area contributed by atoms with Gasteiger partial charge < -0.3 is 9.47 Å². The molecule has 0 spiro atoms. The predicted octanol–water partition coefficient (Wildman–Crippen LogP) is 3.37. The third kappa shape index (κ3) is 3.65. The van der Waals surface area contributed by atoms with Crippen molar-refractivity contribution in [2.24, 2.45) is 4.99 Å². The first-order chi connectivity index (χ1) is 10.3. The van der Waals surface area contributed by atoms with Crippen molar-refractivity contribution in [3.8, 4) is 5.75 Å². The Labute approximate surface area is 129 Å². The van der Waals surface area contributed by atoms with E-state index in [4.69, 9.17) is 9.47 Å². The number of isocyanates is 1. The van der Waals surface area contributed by atoms with Crippen LogP contribution in [0.5, 0.6) is 5.75 Å². The van der Waals surface area contributed by atoms with E-state index in [1.807, 2.05) is 0 Å². The van der Waals surface area contributed by atoms with Crippen LogP contribution in [0.3, 0.4) is 0 Å². The number of carbonyl (C=O) groups excluding carboxylic acids is 2. The van der Waals surface area contributed by atoms with Gasteiger partial charge in [0.2, 0.25) is 6.08 Å². The van der Waals surface area contributed by atoms with Crippen LogP contribution in [0.2, 0.25) is 0 Å². The minimum atomic E-state index is -0.610. The topological polar surface area (TPSA) is 77.0 Å². The van der Waals surface area contributed by atoms with Gasteiger partial charge in [-0.05, 0) is 51.8 Å². The SMILES string of the molecule is COc1ccc(NC(=O)OC(C)(C)C)c(C2(N=C=O)CC2)c1. The zero-order valence-electron chi connectivity index (χ0n) is 13.2. The Bertz CT molecular complexity index is 624. The molecule has 1 fully saturated rings. The number of hydrogen-bond acceptors (Lipinski definition) is 5. The fourth-order valence-corrected chi connectivity index (χ4v) is 2.21. The number of nitrogens with one attached hydrogen (secondary N) is 1. The standard InChI is InChI=1S/C16H20N2O4/c1-15(2,3)22-14(20)18-13-6-5-11(21-4)9-12(13)16(7-8-16)17-10-19/h5-6,9H,7-8H2,1-4H3,(H,18,20). The largest absolute Gasteiger partial charge is 0.497 e. The van der Waals surface area contributed by atoms with E-state index in [1.165, 1.54) is 0 Å². The van der Waals surface area contributed by atoms with Gasteiger partial charge in [-0.3, -0.25) is 5.32 Å². The number of aliphatic imine (C=N–C) groups is 1. The number of carbonyl (C=O) groups is 1. The number of ether oxygens (including phenoxy) is 2. The molecule has 6 nitrogen and oxygen atoms in total. The van der Waals surface area contributed by atoms with Crippen LogP contribution in [-0.4, -0.2) is 24.9 Å². The first-order valence-electron chi connectivity index (χ1n) is 7.07. The Morgan fingerprint density at radius 2 is 2.05 bits per heavy atom. The van der Waals surface area contributed by atoms with Crippen LogP contribution in [0.25, 0.3) is 0 Å². The molecule has 1 aliphatic rings. The second-order valence-electron chi connectivity index (χ2n) is 6.27. The quantitative estimate of drug-likeness (QED) is 0.683. The first-order valence-corrected chi connectivity index (χ1v) is 7.07. The van der Waals surface area contributed by atoms with Crippen molar-refractivity contribution in [3.05, 3.63) is 23.8 Å². The summed E-state index contributed by atoms with van der Waals surface area (Å²) in [5, 5.41) is 2.72. The third-order valence-corrected chi connectivity index (χ3v) is 3.35. The Kier molecular flexibility index (Phi) is 4.24. The predicted molar refractivity (Wildman–Crippen MR) is 81.9 cm³/mol. The van der Waals surface area contributed by atoms with Gasteiger partial charge in [-0.25, -0.2) is 9.59 Å². The molecule has 1 aromatic rings. The summed E-state index contributed by atoms with van der Waals surface area (Å²) < 4.78 is 10.5. The molecule has 22 heavy (non-hydrogen) atoms. The molecule has 2 rings (SSSR count). The second-order valence-corrected chi connectivity index (χ2v) is 6.27. The Balaban J connectivity index is 2.31. The highest BCUT2D eigenvalue weighted by Crippen LogP contribution is 2.52. The molecule has 1 saturated carbocycles. The third-order valence-electron chi connectivity index (χ3n) is 3.35. The molecule has 0 bridgehead atoms. The van der Waals surface area contributed by atoms with Crippen LogP contribution >= 0.6 is 0 Å². The van der Waals surface area contributed by atoms with E-state index in [-0.39, 0.29) is 0 Å². The van der Waals surface area contributed by atoms with E-state index in [0.717, 1.165) is 18.4 Å². The summed E-state index contributed by atoms with van der Waals surface area (Å²) in [5.41, 5.74) is 0.0999. The van der Waals surface area contributed by atoms with Crippen LogP contribution in [0.1, 0.15) is 39.2 Å². The molecule has 0 unspecified atom stereocenters. The highest BCUT2D eigenvalue weighted by atomic mass is 16.6. The average Bonchev–Trinajstić information content (AvgIpc) is 3.18. The van der Waals surface area contributed by atoms with Crippen LogP contribution < -0.4 is 10.1 Å². The van der Waals surface area contributed by atoms with Crippen molar-refractivity contribution < 1.29 is 19.1 Å². The smallest absolute Gasteiger partial charge is 0.412 e. The lowest BCUT2D eigenvalue weighted by molar-refractivity contribution is 0.0635. The molecule has 0 atom stereocenters. The summed E-state index contributed by atoms with van der Waals surface area (Å²) in [6, 6.07) is 5.23. The normalized spacial score (nSPS) is 15.5. The van der Waals surface area contributed by atoms with Gasteiger partial charge >= 0.3 is 6.09 Å². The molecule has 118 valence electrons. The molecule has 1 aliphatic carbocycles. The van der Waals surface area contributed by atoms with Crippen LogP contribution in [0, 0.1) is 0 Å². The molecule has 0 radical (unpaired) electrons. The lowest BCUT2D eigenvalue weighted by Gasteiger charge is -2.21. The number of amides is 1. The van der Waals surface area contributed by atoms with E-state index in [1.54, 1.807) is 52.2 Å². The van der Waals surface area contributed by atoms with E-state index in [2.05, 4.69) is 10.3 Å². The maximum absolute atomic E-state index is 12.0. The summed E-state index contributed by atoms with van der Waals surface area (Å²) in [6.45, 7) is 5.38. The molecule has 1 amide bonds. The Morgan fingerprint density at radius 1 is 1.36 bits per heavy atom. The van der Waals surface area contributed by atoms with Crippen molar-refractivity contribution in [2.45, 2.75) is 44.8 Å². The van der Waals surface area contributed by atoms with Gasteiger partial charge in [0.05, 0.1) is 7.11 Å².